The molecule has 0 N–H and O–H groups in total. The third kappa shape index (κ3) is 2.63. The van der Waals surface area contributed by atoms with Crippen molar-refractivity contribution in [3.63, 3.8) is 0 Å². The van der Waals surface area contributed by atoms with Crippen LogP contribution in [0.5, 0.6) is 0 Å². The summed E-state index contributed by atoms with van der Waals surface area (Å²) < 4.78 is 3.54. The van der Waals surface area contributed by atoms with Gasteiger partial charge in [-0.05, 0) is 36.8 Å². The molecule has 0 bridgehead atoms. The predicted octanol–water partition coefficient (Wildman–Crippen LogP) is 2.00. The Morgan fingerprint density at radius 1 is 1.14 bits per heavy atom. The molecule has 0 aliphatic rings. The summed E-state index contributed by atoms with van der Waals surface area (Å²) in [5, 5.41) is 0. The molecular weight excluding hydrogens is 264 g/mol. The molecule has 0 aliphatic heterocycles. The summed E-state index contributed by atoms with van der Waals surface area (Å²) in [7, 11) is 1.74. The number of aromatic nitrogens is 4. The van der Waals surface area contributed by atoms with Gasteiger partial charge < -0.3 is 9.13 Å². The molecule has 0 unspecified atom stereocenters. The van der Waals surface area contributed by atoms with Crippen molar-refractivity contribution in [1.82, 2.24) is 19.1 Å². The Morgan fingerprint density at radius 3 is 2.81 bits per heavy atom. The number of rotatable bonds is 3. The van der Waals surface area contributed by atoms with Gasteiger partial charge in [-0.25, -0.2) is 4.98 Å². The SMILES string of the molecule is Cc1cc(Cn2ccnc2-c2cccn(C)c2=O)ccn1. The Balaban J connectivity index is 2.02. The zero-order chi connectivity index (χ0) is 14.8. The number of hydrogen-bond acceptors (Lipinski definition) is 3. The topological polar surface area (TPSA) is 52.7 Å². The second-order valence-corrected chi connectivity index (χ2v) is 5.02. The quantitative estimate of drug-likeness (QED) is 0.737. The van der Waals surface area contributed by atoms with Crippen LogP contribution in [0, 0.1) is 6.92 Å². The van der Waals surface area contributed by atoms with Gasteiger partial charge in [0.25, 0.3) is 5.56 Å². The van der Waals surface area contributed by atoms with Crippen molar-refractivity contribution in [3.05, 3.63) is 70.7 Å². The highest BCUT2D eigenvalue weighted by atomic mass is 16.1. The van der Waals surface area contributed by atoms with Gasteiger partial charge in [-0.15, -0.1) is 0 Å². The fraction of sp³-hybridized carbons (Fsp3) is 0.188. The van der Waals surface area contributed by atoms with Gasteiger partial charge in [-0.2, -0.15) is 0 Å². The molecule has 0 atom stereocenters. The molecule has 5 heteroatoms. The maximum atomic E-state index is 12.2. The number of pyridine rings is 2. The summed E-state index contributed by atoms with van der Waals surface area (Å²) in [5.41, 5.74) is 2.67. The van der Waals surface area contributed by atoms with Crippen molar-refractivity contribution in [3.8, 4) is 11.4 Å². The average Bonchev–Trinajstić information content (AvgIpc) is 2.90. The zero-order valence-corrected chi connectivity index (χ0v) is 12.0. The lowest BCUT2D eigenvalue weighted by Gasteiger charge is -2.09. The van der Waals surface area contributed by atoms with E-state index in [0.717, 1.165) is 11.3 Å². The highest BCUT2D eigenvalue weighted by Gasteiger charge is 2.11. The van der Waals surface area contributed by atoms with Crippen LogP contribution < -0.4 is 5.56 Å². The fourth-order valence-corrected chi connectivity index (χ4v) is 2.35. The van der Waals surface area contributed by atoms with Gasteiger partial charge in [0.15, 0.2) is 0 Å². The van der Waals surface area contributed by atoms with Crippen LogP contribution >= 0.6 is 0 Å². The maximum absolute atomic E-state index is 12.2. The largest absolute Gasteiger partial charge is 0.326 e. The molecule has 3 rings (SSSR count). The number of hydrogen-bond donors (Lipinski definition) is 0. The third-order valence-corrected chi connectivity index (χ3v) is 3.39. The van der Waals surface area contributed by atoms with Crippen LogP contribution in [0.4, 0.5) is 0 Å². The zero-order valence-electron chi connectivity index (χ0n) is 12.0. The van der Waals surface area contributed by atoms with Crippen LogP contribution in [-0.2, 0) is 13.6 Å². The van der Waals surface area contributed by atoms with E-state index < -0.39 is 0 Å². The van der Waals surface area contributed by atoms with Crippen LogP contribution in [0.1, 0.15) is 11.3 Å². The first kappa shape index (κ1) is 13.3. The minimum absolute atomic E-state index is 0.0455. The van der Waals surface area contributed by atoms with Gasteiger partial charge in [0.05, 0.1) is 5.56 Å². The van der Waals surface area contributed by atoms with Crippen molar-refractivity contribution in [2.45, 2.75) is 13.5 Å². The van der Waals surface area contributed by atoms with Crippen molar-refractivity contribution in [1.29, 1.82) is 0 Å². The molecule has 0 spiro atoms. The lowest BCUT2D eigenvalue weighted by molar-refractivity contribution is 0.795. The molecule has 3 heterocycles. The molecule has 21 heavy (non-hydrogen) atoms. The minimum Gasteiger partial charge on any atom is -0.326 e. The Hall–Kier alpha value is -2.69. The Bertz CT molecular complexity index is 832. The first-order valence-electron chi connectivity index (χ1n) is 6.74. The summed E-state index contributed by atoms with van der Waals surface area (Å²) in [6, 6.07) is 7.66. The maximum Gasteiger partial charge on any atom is 0.261 e. The van der Waals surface area contributed by atoms with E-state index in [0.29, 0.717) is 17.9 Å². The minimum atomic E-state index is -0.0455. The first-order valence-corrected chi connectivity index (χ1v) is 6.74. The van der Waals surface area contributed by atoms with Gasteiger partial charge in [-0.3, -0.25) is 9.78 Å². The van der Waals surface area contributed by atoms with Gasteiger partial charge in [-0.1, -0.05) is 0 Å². The van der Waals surface area contributed by atoms with E-state index in [9.17, 15) is 4.79 Å². The molecule has 0 radical (unpaired) electrons. The van der Waals surface area contributed by atoms with E-state index >= 15 is 0 Å². The monoisotopic (exact) mass is 280 g/mol. The first-order chi connectivity index (χ1) is 10.1. The lowest BCUT2D eigenvalue weighted by atomic mass is 10.2. The van der Waals surface area contributed by atoms with Crippen molar-refractivity contribution >= 4 is 0 Å². The molecule has 3 aromatic heterocycles. The standard InChI is InChI=1S/C16H16N4O/c1-12-10-13(5-6-17-12)11-20-9-7-18-15(20)14-4-3-8-19(2)16(14)21/h3-10H,11H2,1-2H3. The molecule has 3 aromatic rings. The third-order valence-electron chi connectivity index (χ3n) is 3.39. The van der Waals surface area contributed by atoms with Crippen LogP contribution in [0.2, 0.25) is 0 Å². The number of aryl methyl sites for hydroxylation is 2. The molecule has 0 amide bonds. The Morgan fingerprint density at radius 2 is 2.00 bits per heavy atom. The summed E-state index contributed by atoms with van der Waals surface area (Å²) >= 11 is 0. The fourth-order valence-electron chi connectivity index (χ4n) is 2.35. The van der Waals surface area contributed by atoms with Gasteiger partial charge in [0.1, 0.15) is 5.82 Å². The molecular formula is C16H16N4O. The Kier molecular flexibility index (Phi) is 3.39. The van der Waals surface area contributed by atoms with E-state index in [1.807, 2.05) is 35.9 Å². The van der Waals surface area contributed by atoms with Gasteiger partial charge in [0, 0.05) is 44.1 Å². The van der Waals surface area contributed by atoms with Crippen LogP contribution in [0.3, 0.4) is 0 Å². The second-order valence-electron chi connectivity index (χ2n) is 5.02. The van der Waals surface area contributed by atoms with E-state index in [1.54, 1.807) is 36.3 Å². The lowest BCUT2D eigenvalue weighted by Crippen LogP contribution is -2.19. The molecule has 0 fully saturated rings. The summed E-state index contributed by atoms with van der Waals surface area (Å²) in [6.07, 6.45) is 7.14. The van der Waals surface area contributed by atoms with Crippen molar-refractivity contribution in [2.24, 2.45) is 7.05 Å². The van der Waals surface area contributed by atoms with Crippen LogP contribution in [-0.4, -0.2) is 19.1 Å². The molecule has 0 saturated heterocycles. The highest BCUT2D eigenvalue weighted by Crippen LogP contribution is 2.15. The van der Waals surface area contributed by atoms with E-state index in [2.05, 4.69) is 9.97 Å². The van der Waals surface area contributed by atoms with E-state index in [4.69, 9.17) is 0 Å². The van der Waals surface area contributed by atoms with Gasteiger partial charge >= 0.3 is 0 Å². The molecule has 5 nitrogen and oxygen atoms in total. The van der Waals surface area contributed by atoms with Gasteiger partial charge in [0.2, 0.25) is 0 Å². The molecule has 106 valence electrons. The Labute approximate surface area is 122 Å². The second kappa shape index (κ2) is 5.36. The smallest absolute Gasteiger partial charge is 0.261 e. The predicted molar refractivity (Wildman–Crippen MR) is 81.0 cm³/mol. The van der Waals surface area contributed by atoms with E-state index in [1.165, 1.54) is 0 Å². The van der Waals surface area contributed by atoms with Crippen LogP contribution in [0.25, 0.3) is 11.4 Å². The van der Waals surface area contributed by atoms with Crippen molar-refractivity contribution < 1.29 is 0 Å². The number of nitrogens with zero attached hydrogens (tertiary/aromatic N) is 4. The average molecular weight is 280 g/mol. The molecule has 0 aromatic carbocycles. The van der Waals surface area contributed by atoms with Crippen molar-refractivity contribution in [2.75, 3.05) is 0 Å². The van der Waals surface area contributed by atoms with Crippen LogP contribution in [0.15, 0.2) is 53.8 Å². The molecule has 0 aliphatic carbocycles. The summed E-state index contributed by atoms with van der Waals surface area (Å²) in [6.45, 7) is 2.63. The highest BCUT2D eigenvalue weighted by molar-refractivity contribution is 5.54. The molecule has 0 saturated carbocycles. The normalized spacial score (nSPS) is 10.8. The summed E-state index contributed by atoms with van der Waals surface area (Å²) in [4.78, 5) is 20.8. The summed E-state index contributed by atoms with van der Waals surface area (Å²) in [5.74, 6) is 0.686. The van der Waals surface area contributed by atoms with E-state index in [-0.39, 0.29) is 5.56 Å². The number of imidazole rings is 1.